The van der Waals surface area contributed by atoms with Crippen LogP contribution in [0.1, 0.15) is 30.3 Å². The number of nitrogens with zero attached hydrogens (tertiary/aromatic N) is 1. The number of hydrogen-bond donors (Lipinski definition) is 2. The van der Waals surface area contributed by atoms with Gasteiger partial charge in [-0.25, -0.2) is 22.9 Å². The van der Waals surface area contributed by atoms with E-state index in [1.165, 1.54) is 5.51 Å². The highest BCUT2D eigenvalue weighted by Gasteiger charge is 2.38. The summed E-state index contributed by atoms with van der Waals surface area (Å²) in [7, 11) is -3.76. The van der Waals surface area contributed by atoms with Crippen LogP contribution in [0.2, 0.25) is 0 Å². The lowest BCUT2D eigenvalue weighted by molar-refractivity contribution is 0.0687. The maximum absolute atomic E-state index is 11.9. The van der Waals surface area contributed by atoms with Crippen molar-refractivity contribution in [1.82, 2.24) is 9.71 Å². The number of aromatic nitrogens is 1. The van der Waals surface area contributed by atoms with Gasteiger partial charge >= 0.3 is 5.97 Å². The van der Waals surface area contributed by atoms with Crippen molar-refractivity contribution in [3.63, 3.8) is 0 Å². The second kappa shape index (κ2) is 4.04. The van der Waals surface area contributed by atoms with Crippen molar-refractivity contribution in [2.75, 3.05) is 6.54 Å². The van der Waals surface area contributed by atoms with Gasteiger partial charge in [-0.3, -0.25) is 0 Å². The van der Waals surface area contributed by atoms with Gasteiger partial charge in [-0.1, -0.05) is 6.92 Å². The topological polar surface area (TPSA) is 96.4 Å². The summed E-state index contributed by atoms with van der Waals surface area (Å²) < 4.78 is 26.0. The lowest BCUT2D eigenvalue weighted by atomic mass is 10.2. The fourth-order valence-electron chi connectivity index (χ4n) is 1.29. The number of aromatic carboxylic acids is 1. The number of carboxylic acid groups (broad SMARTS) is 1. The van der Waals surface area contributed by atoms with Crippen LogP contribution in [0.15, 0.2) is 9.72 Å². The monoisotopic (exact) mass is 276 g/mol. The summed E-state index contributed by atoms with van der Waals surface area (Å²) in [6, 6.07) is 0. The minimum atomic E-state index is -3.76. The zero-order chi connectivity index (χ0) is 12.7. The SMILES string of the molecule is CC1(CNS(=O)(=O)c2scnc2C(=O)O)CC1. The first-order chi connectivity index (χ1) is 7.84. The van der Waals surface area contributed by atoms with E-state index in [2.05, 4.69) is 9.71 Å². The van der Waals surface area contributed by atoms with Crippen LogP contribution in [0.4, 0.5) is 0 Å². The molecule has 1 heterocycles. The summed E-state index contributed by atoms with van der Waals surface area (Å²) in [6.45, 7) is 2.33. The van der Waals surface area contributed by atoms with Crippen LogP contribution in [-0.2, 0) is 10.0 Å². The molecule has 0 radical (unpaired) electrons. The van der Waals surface area contributed by atoms with Gasteiger partial charge in [0.1, 0.15) is 0 Å². The molecule has 0 spiro atoms. The summed E-state index contributed by atoms with van der Waals surface area (Å²) in [6.07, 6.45) is 1.98. The number of rotatable bonds is 5. The number of nitrogens with one attached hydrogen (secondary N) is 1. The summed E-state index contributed by atoms with van der Waals surface area (Å²) in [5.41, 5.74) is 0.835. The minimum Gasteiger partial charge on any atom is -0.476 e. The van der Waals surface area contributed by atoms with Crippen LogP contribution in [0.25, 0.3) is 0 Å². The normalized spacial score (nSPS) is 17.9. The van der Waals surface area contributed by atoms with Crippen molar-refractivity contribution < 1.29 is 18.3 Å². The predicted molar refractivity (Wildman–Crippen MR) is 61.6 cm³/mol. The second-order valence-corrected chi connectivity index (χ2v) is 7.25. The molecule has 94 valence electrons. The number of sulfonamides is 1. The van der Waals surface area contributed by atoms with E-state index in [9.17, 15) is 13.2 Å². The third-order valence-electron chi connectivity index (χ3n) is 2.77. The molecule has 1 saturated carbocycles. The Balaban J connectivity index is 2.19. The van der Waals surface area contributed by atoms with Crippen LogP contribution >= 0.6 is 11.3 Å². The highest BCUT2D eigenvalue weighted by atomic mass is 32.2. The number of thiazole rings is 1. The molecule has 1 aliphatic carbocycles. The highest BCUT2D eigenvalue weighted by Crippen LogP contribution is 2.44. The van der Waals surface area contributed by atoms with E-state index in [-0.39, 0.29) is 9.62 Å². The molecular weight excluding hydrogens is 264 g/mol. The van der Waals surface area contributed by atoms with E-state index >= 15 is 0 Å². The Kier molecular flexibility index (Phi) is 2.96. The Morgan fingerprint density at radius 2 is 2.29 bits per heavy atom. The molecule has 2 N–H and O–H groups in total. The van der Waals surface area contributed by atoms with Gasteiger partial charge in [0.05, 0.1) is 5.51 Å². The molecule has 17 heavy (non-hydrogen) atoms. The molecule has 1 aromatic rings. The van der Waals surface area contributed by atoms with E-state index in [0.29, 0.717) is 6.54 Å². The van der Waals surface area contributed by atoms with Crippen LogP contribution < -0.4 is 4.72 Å². The van der Waals surface area contributed by atoms with Gasteiger partial charge in [0.15, 0.2) is 9.90 Å². The van der Waals surface area contributed by atoms with Crippen molar-refractivity contribution in [1.29, 1.82) is 0 Å². The first-order valence-electron chi connectivity index (χ1n) is 5.01. The van der Waals surface area contributed by atoms with Gasteiger partial charge in [0, 0.05) is 6.54 Å². The summed E-state index contributed by atoms with van der Waals surface area (Å²) in [5.74, 6) is -1.33. The summed E-state index contributed by atoms with van der Waals surface area (Å²) >= 11 is 0.813. The molecule has 8 heteroatoms. The zero-order valence-corrected chi connectivity index (χ0v) is 10.8. The molecule has 0 saturated heterocycles. The fourth-order valence-corrected chi connectivity index (χ4v) is 3.68. The molecule has 1 aromatic heterocycles. The van der Waals surface area contributed by atoms with Crippen molar-refractivity contribution in [2.24, 2.45) is 5.41 Å². The Morgan fingerprint density at radius 1 is 1.65 bits per heavy atom. The standard InChI is InChI=1S/C9H12N2O4S2/c1-9(2-3-9)4-11-17(14,15)8-6(7(12)13)10-5-16-8/h5,11H,2-4H2,1H3,(H,12,13). The molecule has 1 fully saturated rings. The molecule has 2 rings (SSSR count). The Morgan fingerprint density at radius 3 is 2.82 bits per heavy atom. The maximum Gasteiger partial charge on any atom is 0.356 e. The van der Waals surface area contributed by atoms with Crippen molar-refractivity contribution >= 4 is 27.3 Å². The number of hydrogen-bond acceptors (Lipinski definition) is 5. The first-order valence-corrected chi connectivity index (χ1v) is 7.37. The van der Waals surface area contributed by atoms with Crippen LogP contribution in [0.5, 0.6) is 0 Å². The quantitative estimate of drug-likeness (QED) is 0.833. The minimum absolute atomic E-state index is 0.0289. The largest absolute Gasteiger partial charge is 0.476 e. The highest BCUT2D eigenvalue weighted by molar-refractivity contribution is 7.91. The lowest BCUT2D eigenvalue weighted by Gasteiger charge is -2.09. The first kappa shape index (κ1) is 12.5. The lowest BCUT2D eigenvalue weighted by Crippen LogP contribution is -2.29. The maximum atomic E-state index is 11.9. The van der Waals surface area contributed by atoms with Gasteiger partial charge in [0.2, 0.25) is 0 Å². The number of carbonyl (C=O) groups is 1. The third-order valence-corrected chi connectivity index (χ3v) is 5.55. The van der Waals surface area contributed by atoms with Gasteiger partial charge < -0.3 is 5.11 Å². The van der Waals surface area contributed by atoms with E-state index in [1.54, 1.807) is 0 Å². The Bertz CT molecular complexity index is 545. The van der Waals surface area contributed by atoms with Gasteiger partial charge in [-0.15, -0.1) is 11.3 Å². The molecule has 0 amide bonds. The van der Waals surface area contributed by atoms with Crippen LogP contribution in [0.3, 0.4) is 0 Å². The zero-order valence-electron chi connectivity index (χ0n) is 9.13. The average Bonchev–Trinajstić information content (AvgIpc) is 2.81. The molecule has 0 atom stereocenters. The molecule has 0 aromatic carbocycles. The summed E-state index contributed by atoms with van der Waals surface area (Å²) in [5, 5.41) is 8.81. The van der Waals surface area contributed by atoms with Crippen molar-refractivity contribution in [3.8, 4) is 0 Å². The van der Waals surface area contributed by atoms with Crippen LogP contribution in [0, 0.1) is 5.41 Å². The molecule has 0 aliphatic heterocycles. The molecule has 6 nitrogen and oxygen atoms in total. The molecule has 0 bridgehead atoms. The molecule has 1 aliphatic rings. The summed E-state index contributed by atoms with van der Waals surface area (Å²) in [4.78, 5) is 14.3. The van der Waals surface area contributed by atoms with E-state index in [0.717, 1.165) is 24.2 Å². The van der Waals surface area contributed by atoms with E-state index in [4.69, 9.17) is 5.11 Å². The predicted octanol–water partition coefficient (Wildman–Crippen LogP) is 0.920. The van der Waals surface area contributed by atoms with Crippen molar-refractivity contribution in [2.45, 2.75) is 24.0 Å². The molecule has 0 unspecified atom stereocenters. The van der Waals surface area contributed by atoms with E-state index < -0.39 is 21.7 Å². The molecular formula is C9H12N2O4S2. The van der Waals surface area contributed by atoms with Crippen LogP contribution in [-0.4, -0.2) is 31.0 Å². The smallest absolute Gasteiger partial charge is 0.356 e. The second-order valence-electron chi connectivity index (χ2n) is 4.43. The third kappa shape index (κ3) is 2.64. The van der Waals surface area contributed by atoms with Gasteiger partial charge in [-0.05, 0) is 18.3 Å². The average molecular weight is 276 g/mol. The Labute approximate surface area is 103 Å². The van der Waals surface area contributed by atoms with Gasteiger partial charge in [-0.2, -0.15) is 0 Å². The van der Waals surface area contributed by atoms with Crippen molar-refractivity contribution in [3.05, 3.63) is 11.2 Å². The fraction of sp³-hybridized carbons (Fsp3) is 0.556. The van der Waals surface area contributed by atoms with Gasteiger partial charge in [0.25, 0.3) is 10.0 Å². The Hall–Kier alpha value is -0.990. The number of carboxylic acids is 1. The van der Waals surface area contributed by atoms with E-state index in [1.807, 2.05) is 6.92 Å².